The van der Waals surface area contributed by atoms with Crippen LogP contribution in [0.25, 0.3) is 0 Å². The minimum Gasteiger partial charge on any atom is -0.496 e. The van der Waals surface area contributed by atoms with Crippen molar-refractivity contribution in [2.45, 2.75) is 0 Å². The van der Waals surface area contributed by atoms with Crippen molar-refractivity contribution >= 4 is 33.1 Å². The summed E-state index contributed by atoms with van der Waals surface area (Å²) >= 11 is 2.95. The molecular weight excluding hydrogens is 280 g/mol. The van der Waals surface area contributed by atoms with Gasteiger partial charge in [-0.1, -0.05) is 15.9 Å². The van der Waals surface area contributed by atoms with E-state index in [1.165, 1.54) is 19.2 Å². The molecule has 1 aromatic carbocycles. The average Bonchev–Trinajstić information content (AvgIpc) is 2.26. The van der Waals surface area contributed by atoms with Crippen molar-refractivity contribution in [1.29, 1.82) is 0 Å². The van der Waals surface area contributed by atoms with E-state index in [4.69, 9.17) is 10.5 Å². The number of rotatable bonds is 4. The maximum absolute atomic E-state index is 11.5. The number of nitrogen functional groups attached to an aromatic ring is 1. The van der Waals surface area contributed by atoms with Crippen molar-refractivity contribution < 1.29 is 14.5 Å². The maximum atomic E-state index is 11.5. The second kappa shape index (κ2) is 4.93. The molecule has 7 heteroatoms. The Hall–Kier alpha value is -1.63. The number of carbonyl (C=O) groups excluding carboxylic acids is 1. The van der Waals surface area contributed by atoms with Crippen LogP contribution in [0.4, 0.5) is 11.4 Å². The molecule has 0 aliphatic carbocycles. The highest BCUT2D eigenvalue weighted by molar-refractivity contribution is 9.09. The van der Waals surface area contributed by atoms with E-state index in [0.717, 1.165) is 0 Å². The number of Topliss-reactive ketones (excluding diaryl/α,β-unsaturated/α-hetero) is 1. The minimum atomic E-state index is -0.658. The third kappa shape index (κ3) is 2.30. The van der Waals surface area contributed by atoms with Gasteiger partial charge in [0.15, 0.2) is 5.78 Å². The molecule has 0 heterocycles. The molecule has 1 aromatic rings. The maximum Gasteiger partial charge on any atom is 0.286 e. The molecule has 1 rings (SSSR count). The van der Waals surface area contributed by atoms with Crippen LogP contribution >= 0.6 is 15.9 Å². The Balaban J connectivity index is 3.45. The van der Waals surface area contributed by atoms with Crippen LogP contribution in [0.15, 0.2) is 12.1 Å². The van der Waals surface area contributed by atoms with Crippen LogP contribution in [0.3, 0.4) is 0 Å². The van der Waals surface area contributed by atoms with E-state index in [1.54, 1.807) is 0 Å². The second-order valence-corrected chi connectivity index (χ2v) is 3.49. The SMILES string of the molecule is COc1cc(N)c(C(=O)CBr)c([N+](=O)[O-])c1. The van der Waals surface area contributed by atoms with Crippen LogP contribution in [0.5, 0.6) is 5.75 Å². The number of nitro benzene ring substituents is 1. The Morgan fingerprint density at radius 1 is 1.62 bits per heavy atom. The molecule has 0 saturated carbocycles. The summed E-state index contributed by atoms with van der Waals surface area (Å²) in [6.07, 6.45) is 0. The number of hydrogen-bond donors (Lipinski definition) is 1. The highest BCUT2D eigenvalue weighted by Crippen LogP contribution is 2.31. The van der Waals surface area contributed by atoms with E-state index in [2.05, 4.69) is 15.9 Å². The molecule has 0 aromatic heterocycles. The Bertz CT molecular complexity index is 447. The lowest BCUT2D eigenvalue weighted by Crippen LogP contribution is -2.09. The lowest BCUT2D eigenvalue weighted by atomic mass is 10.1. The van der Waals surface area contributed by atoms with Gasteiger partial charge in [0.1, 0.15) is 11.3 Å². The zero-order valence-corrected chi connectivity index (χ0v) is 9.98. The first-order valence-electron chi connectivity index (χ1n) is 4.22. The molecule has 86 valence electrons. The zero-order chi connectivity index (χ0) is 12.3. The number of anilines is 1. The van der Waals surface area contributed by atoms with E-state index in [1.807, 2.05) is 0 Å². The second-order valence-electron chi connectivity index (χ2n) is 2.92. The third-order valence-electron chi connectivity index (χ3n) is 1.95. The number of benzene rings is 1. The number of nitrogens with two attached hydrogens (primary N) is 1. The van der Waals surface area contributed by atoms with Gasteiger partial charge in [-0.25, -0.2) is 0 Å². The summed E-state index contributed by atoms with van der Waals surface area (Å²) in [6.45, 7) is 0. The van der Waals surface area contributed by atoms with Crippen molar-refractivity contribution in [3.63, 3.8) is 0 Å². The lowest BCUT2D eigenvalue weighted by Gasteiger charge is -2.06. The van der Waals surface area contributed by atoms with Crippen LogP contribution in [0.2, 0.25) is 0 Å². The predicted octanol–water partition coefficient (Wildman–Crippen LogP) is 1.76. The van der Waals surface area contributed by atoms with Crippen LogP contribution in [-0.4, -0.2) is 23.1 Å². The average molecular weight is 289 g/mol. The monoisotopic (exact) mass is 288 g/mol. The molecule has 2 N–H and O–H groups in total. The molecule has 0 amide bonds. The van der Waals surface area contributed by atoms with Crippen molar-refractivity contribution in [3.05, 3.63) is 27.8 Å². The molecule has 0 fully saturated rings. The number of nitro groups is 1. The number of alkyl halides is 1. The Labute approximate surface area is 99.7 Å². The number of halogens is 1. The fourth-order valence-electron chi connectivity index (χ4n) is 1.25. The normalized spacial score (nSPS) is 9.88. The number of nitrogens with zero attached hydrogens (tertiary/aromatic N) is 1. The first-order chi connectivity index (χ1) is 7.51. The lowest BCUT2D eigenvalue weighted by molar-refractivity contribution is -0.385. The zero-order valence-electron chi connectivity index (χ0n) is 8.40. The molecule has 0 aliphatic rings. The van der Waals surface area contributed by atoms with Gasteiger partial charge in [0.2, 0.25) is 0 Å². The summed E-state index contributed by atoms with van der Waals surface area (Å²) in [7, 11) is 1.37. The van der Waals surface area contributed by atoms with Gasteiger partial charge in [-0.15, -0.1) is 0 Å². The Morgan fingerprint density at radius 3 is 2.69 bits per heavy atom. The summed E-state index contributed by atoms with van der Waals surface area (Å²) in [4.78, 5) is 21.6. The van der Waals surface area contributed by atoms with Gasteiger partial charge in [0, 0.05) is 6.07 Å². The summed E-state index contributed by atoms with van der Waals surface area (Å²) in [5.41, 5.74) is 5.18. The largest absolute Gasteiger partial charge is 0.496 e. The third-order valence-corrected chi connectivity index (χ3v) is 2.46. The fraction of sp³-hybridized carbons (Fsp3) is 0.222. The molecule has 16 heavy (non-hydrogen) atoms. The minimum absolute atomic E-state index is 0.0234. The number of carbonyl (C=O) groups is 1. The van der Waals surface area contributed by atoms with Crippen LogP contribution in [0, 0.1) is 10.1 Å². The van der Waals surface area contributed by atoms with Crippen molar-refractivity contribution in [2.75, 3.05) is 18.2 Å². The summed E-state index contributed by atoms with van der Waals surface area (Å²) in [5.74, 6) is -0.192. The predicted molar refractivity (Wildman–Crippen MR) is 62.2 cm³/mol. The first-order valence-corrected chi connectivity index (χ1v) is 5.34. The molecule has 6 nitrogen and oxygen atoms in total. The molecule has 0 unspecified atom stereocenters. The number of hydrogen-bond acceptors (Lipinski definition) is 5. The van der Waals surface area contributed by atoms with Gasteiger partial charge in [0.05, 0.1) is 29.1 Å². The Morgan fingerprint density at radius 2 is 2.25 bits per heavy atom. The van der Waals surface area contributed by atoms with Gasteiger partial charge in [-0.2, -0.15) is 0 Å². The van der Waals surface area contributed by atoms with Gasteiger partial charge < -0.3 is 10.5 Å². The van der Waals surface area contributed by atoms with Gasteiger partial charge >= 0.3 is 0 Å². The van der Waals surface area contributed by atoms with Crippen LogP contribution in [-0.2, 0) is 0 Å². The highest BCUT2D eigenvalue weighted by Gasteiger charge is 2.23. The van der Waals surface area contributed by atoms with Crippen molar-refractivity contribution in [3.8, 4) is 5.75 Å². The highest BCUT2D eigenvalue weighted by atomic mass is 79.9. The quantitative estimate of drug-likeness (QED) is 0.299. The van der Waals surface area contributed by atoms with E-state index in [0.29, 0.717) is 0 Å². The number of ketones is 1. The van der Waals surface area contributed by atoms with Crippen molar-refractivity contribution in [2.24, 2.45) is 0 Å². The molecule has 0 radical (unpaired) electrons. The van der Waals surface area contributed by atoms with E-state index >= 15 is 0 Å². The standard InChI is InChI=1S/C9H9BrN2O4/c1-16-5-2-6(11)9(8(13)4-10)7(3-5)12(14)15/h2-3H,4,11H2,1H3. The van der Waals surface area contributed by atoms with E-state index in [-0.39, 0.29) is 28.0 Å². The summed E-state index contributed by atoms with van der Waals surface area (Å²) in [5, 5.41) is 10.8. The van der Waals surface area contributed by atoms with Crippen LogP contribution < -0.4 is 10.5 Å². The van der Waals surface area contributed by atoms with Gasteiger partial charge in [0.25, 0.3) is 5.69 Å². The van der Waals surface area contributed by atoms with Crippen molar-refractivity contribution in [1.82, 2.24) is 0 Å². The molecule has 0 atom stereocenters. The number of methoxy groups -OCH3 is 1. The molecule has 0 saturated heterocycles. The first kappa shape index (κ1) is 12.4. The smallest absolute Gasteiger partial charge is 0.286 e. The van der Waals surface area contributed by atoms with Crippen LogP contribution in [0.1, 0.15) is 10.4 Å². The molecule has 0 bridgehead atoms. The van der Waals surface area contributed by atoms with Gasteiger partial charge in [-0.3, -0.25) is 14.9 Å². The Kier molecular flexibility index (Phi) is 3.83. The van der Waals surface area contributed by atoms with E-state index in [9.17, 15) is 14.9 Å². The summed E-state index contributed by atoms with van der Waals surface area (Å²) < 4.78 is 4.85. The summed E-state index contributed by atoms with van der Waals surface area (Å²) in [6, 6.07) is 2.55. The van der Waals surface area contributed by atoms with Gasteiger partial charge in [-0.05, 0) is 0 Å². The molecular formula is C9H9BrN2O4. The molecule has 0 spiro atoms. The van der Waals surface area contributed by atoms with E-state index < -0.39 is 10.7 Å². The molecule has 0 aliphatic heterocycles. The topological polar surface area (TPSA) is 95.5 Å². The number of ether oxygens (including phenoxy) is 1. The fourth-order valence-corrected chi connectivity index (χ4v) is 1.53.